The van der Waals surface area contributed by atoms with Crippen molar-refractivity contribution in [2.24, 2.45) is 0 Å². The molecule has 0 aliphatic heterocycles. The molecule has 5 nitrogen and oxygen atoms in total. The molecular formula is C11H11ClFNO4. The van der Waals surface area contributed by atoms with Gasteiger partial charge in [0.2, 0.25) is 0 Å². The summed E-state index contributed by atoms with van der Waals surface area (Å²) in [7, 11) is 0. The van der Waals surface area contributed by atoms with E-state index in [2.05, 4.69) is 5.32 Å². The maximum absolute atomic E-state index is 13.5. The van der Waals surface area contributed by atoms with Crippen LogP contribution in [0.1, 0.15) is 18.0 Å². The number of halogens is 2. The van der Waals surface area contributed by atoms with E-state index in [1.54, 1.807) is 0 Å². The molecule has 1 aromatic carbocycles. The average Bonchev–Trinajstić information content (AvgIpc) is 2.25. The molecule has 1 atom stereocenters. The van der Waals surface area contributed by atoms with E-state index in [0.29, 0.717) is 0 Å². The lowest BCUT2D eigenvalue weighted by atomic mass is 10.1. The van der Waals surface area contributed by atoms with Gasteiger partial charge in [0.1, 0.15) is 11.9 Å². The van der Waals surface area contributed by atoms with Crippen LogP contribution < -0.4 is 5.32 Å². The molecule has 0 saturated heterocycles. The first-order valence-corrected chi connectivity index (χ1v) is 5.43. The highest BCUT2D eigenvalue weighted by Crippen LogP contribution is 2.26. The molecule has 0 aliphatic rings. The Morgan fingerprint density at radius 3 is 2.56 bits per heavy atom. The molecule has 0 spiro atoms. The van der Waals surface area contributed by atoms with Gasteiger partial charge in [-0.1, -0.05) is 17.7 Å². The molecular weight excluding hydrogens is 265 g/mol. The lowest BCUT2D eigenvalue weighted by Gasteiger charge is -2.16. The van der Waals surface area contributed by atoms with Crippen molar-refractivity contribution in [2.45, 2.75) is 12.5 Å². The van der Waals surface area contributed by atoms with Gasteiger partial charge < -0.3 is 10.2 Å². The predicted molar refractivity (Wildman–Crippen MR) is 62.0 cm³/mol. The van der Waals surface area contributed by atoms with Crippen LogP contribution in [0.3, 0.4) is 0 Å². The third kappa shape index (κ3) is 3.68. The molecule has 3 N–H and O–H groups in total. The van der Waals surface area contributed by atoms with Crippen LogP contribution in [0.2, 0.25) is 5.02 Å². The van der Waals surface area contributed by atoms with Crippen molar-refractivity contribution in [3.05, 3.63) is 34.6 Å². The van der Waals surface area contributed by atoms with Crippen LogP contribution in [0.4, 0.5) is 4.39 Å². The Bertz CT molecular complexity index is 446. The van der Waals surface area contributed by atoms with Gasteiger partial charge in [0.15, 0.2) is 0 Å². The highest BCUT2D eigenvalue weighted by molar-refractivity contribution is 6.31. The van der Waals surface area contributed by atoms with Gasteiger partial charge in [0.05, 0.1) is 6.42 Å². The van der Waals surface area contributed by atoms with Crippen LogP contribution in [0, 0.1) is 5.82 Å². The topological polar surface area (TPSA) is 86.6 Å². The minimum Gasteiger partial charge on any atom is -0.481 e. The lowest BCUT2D eigenvalue weighted by Crippen LogP contribution is -2.31. The fourth-order valence-electron chi connectivity index (χ4n) is 1.42. The molecule has 98 valence electrons. The summed E-state index contributed by atoms with van der Waals surface area (Å²) in [4.78, 5) is 21.4. The number of carbonyl (C=O) groups is 2. The van der Waals surface area contributed by atoms with Gasteiger partial charge in [-0.2, -0.15) is 0 Å². The molecule has 0 heterocycles. The summed E-state index contributed by atoms with van der Waals surface area (Å²) >= 11 is 5.75. The highest BCUT2D eigenvalue weighted by atomic mass is 35.5. The Balaban J connectivity index is 2.91. The summed E-state index contributed by atoms with van der Waals surface area (Å²) in [6, 6.07) is 2.44. The van der Waals surface area contributed by atoms with E-state index in [-0.39, 0.29) is 23.6 Å². The number of nitrogens with one attached hydrogen (secondary N) is 1. The zero-order chi connectivity index (χ0) is 13.7. The number of benzene rings is 1. The Hall–Kier alpha value is -1.66. The van der Waals surface area contributed by atoms with Crippen LogP contribution in [-0.2, 0) is 9.59 Å². The second-order valence-electron chi connectivity index (χ2n) is 3.50. The molecule has 1 unspecified atom stereocenters. The van der Waals surface area contributed by atoms with Crippen LogP contribution in [0.5, 0.6) is 0 Å². The van der Waals surface area contributed by atoms with Crippen molar-refractivity contribution >= 4 is 23.5 Å². The molecule has 0 radical (unpaired) electrons. The Kier molecular flexibility index (Phi) is 5.06. The standard InChI is InChI=1S/C11H11ClFNO4/c12-6-2-1-3-7(13)9(6)10(11(17)18)14-5-4-8(15)16/h1-3,10,14H,4-5H2,(H,15,16)(H,17,18). The molecule has 0 fully saturated rings. The molecule has 0 aliphatic carbocycles. The van der Waals surface area contributed by atoms with E-state index < -0.39 is 23.8 Å². The quantitative estimate of drug-likeness (QED) is 0.735. The van der Waals surface area contributed by atoms with Crippen LogP contribution in [0.15, 0.2) is 18.2 Å². The van der Waals surface area contributed by atoms with E-state index >= 15 is 0 Å². The predicted octanol–water partition coefficient (Wildman–Crippen LogP) is 1.67. The molecule has 18 heavy (non-hydrogen) atoms. The summed E-state index contributed by atoms with van der Waals surface area (Å²) < 4.78 is 13.5. The number of rotatable bonds is 6. The number of hydrogen-bond donors (Lipinski definition) is 3. The average molecular weight is 276 g/mol. The smallest absolute Gasteiger partial charge is 0.325 e. The Morgan fingerprint density at radius 1 is 1.39 bits per heavy atom. The first-order chi connectivity index (χ1) is 8.43. The first-order valence-electron chi connectivity index (χ1n) is 5.05. The van der Waals surface area contributed by atoms with Gasteiger partial charge in [-0.15, -0.1) is 0 Å². The molecule has 0 aromatic heterocycles. The van der Waals surface area contributed by atoms with Crippen LogP contribution in [0.25, 0.3) is 0 Å². The highest BCUT2D eigenvalue weighted by Gasteiger charge is 2.25. The summed E-state index contributed by atoms with van der Waals surface area (Å²) in [5.41, 5.74) is -0.197. The molecule has 0 saturated carbocycles. The summed E-state index contributed by atoms with van der Waals surface area (Å²) in [6.45, 7) is -0.100. The third-order valence-electron chi connectivity index (χ3n) is 2.22. The fraction of sp³-hybridized carbons (Fsp3) is 0.273. The summed E-state index contributed by atoms with van der Waals surface area (Å²) in [5, 5.41) is 19.9. The fourth-order valence-corrected chi connectivity index (χ4v) is 1.69. The van der Waals surface area contributed by atoms with Gasteiger partial charge in [-0.05, 0) is 12.1 Å². The van der Waals surface area contributed by atoms with E-state index in [9.17, 15) is 14.0 Å². The van der Waals surface area contributed by atoms with Gasteiger partial charge in [-0.25, -0.2) is 4.39 Å². The number of aliphatic carboxylic acids is 2. The second-order valence-corrected chi connectivity index (χ2v) is 3.91. The van der Waals surface area contributed by atoms with Crippen molar-refractivity contribution < 1.29 is 24.2 Å². The van der Waals surface area contributed by atoms with Gasteiger partial charge >= 0.3 is 11.9 Å². The van der Waals surface area contributed by atoms with E-state index in [1.807, 2.05) is 0 Å². The van der Waals surface area contributed by atoms with Crippen molar-refractivity contribution in [1.29, 1.82) is 0 Å². The minimum absolute atomic E-state index is 0.0229. The molecule has 0 amide bonds. The normalized spacial score (nSPS) is 12.1. The minimum atomic E-state index is -1.38. The van der Waals surface area contributed by atoms with E-state index in [4.69, 9.17) is 21.8 Å². The zero-order valence-corrected chi connectivity index (χ0v) is 9.95. The lowest BCUT2D eigenvalue weighted by molar-refractivity contribution is -0.141. The SMILES string of the molecule is O=C(O)CCNC(C(=O)O)c1c(F)cccc1Cl. The maximum Gasteiger partial charge on any atom is 0.325 e. The van der Waals surface area contributed by atoms with Crippen molar-refractivity contribution in [3.63, 3.8) is 0 Å². The van der Waals surface area contributed by atoms with E-state index in [0.717, 1.165) is 6.07 Å². The first kappa shape index (κ1) is 14.4. The van der Waals surface area contributed by atoms with Crippen molar-refractivity contribution in [1.82, 2.24) is 5.32 Å². The Labute approximate surface area is 107 Å². The maximum atomic E-state index is 13.5. The van der Waals surface area contributed by atoms with Crippen molar-refractivity contribution in [3.8, 4) is 0 Å². The van der Waals surface area contributed by atoms with Crippen LogP contribution in [-0.4, -0.2) is 28.7 Å². The van der Waals surface area contributed by atoms with Gasteiger partial charge in [0.25, 0.3) is 0 Å². The summed E-state index contributed by atoms with van der Waals surface area (Å²) in [6.07, 6.45) is -0.268. The Morgan fingerprint density at radius 2 is 2.06 bits per heavy atom. The summed E-state index contributed by atoms with van der Waals surface area (Å²) in [5.74, 6) is -3.16. The number of carboxylic acid groups (broad SMARTS) is 2. The third-order valence-corrected chi connectivity index (χ3v) is 2.55. The monoisotopic (exact) mass is 275 g/mol. The number of hydrogen-bond acceptors (Lipinski definition) is 3. The van der Waals surface area contributed by atoms with Gasteiger partial charge in [0, 0.05) is 17.1 Å². The van der Waals surface area contributed by atoms with Gasteiger partial charge in [-0.3, -0.25) is 14.9 Å². The molecule has 1 aromatic rings. The van der Waals surface area contributed by atoms with E-state index in [1.165, 1.54) is 12.1 Å². The van der Waals surface area contributed by atoms with Crippen LogP contribution >= 0.6 is 11.6 Å². The molecule has 1 rings (SSSR count). The number of carboxylic acids is 2. The van der Waals surface area contributed by atoms with Crippen molar-refractivity contribution in [2.75, 3.05) is 6.54 Å². The molecule has 7 heteroatoms. The zero-order valence-electron chi connectivity index (χ0n) is 9.19. The largest absolute Gasteiger partial charge is 0.481 e. The second kappa shape index (κ2) is 6.32. The molecule has 0 bridgehead atoms.